The molecular weight excluding hydrogens is 234 g/mol. The van der Waals surface area contributed by atoms with Crippen LogP contribution in [0.15, 0.2) is 0 Å². The minimum Gasteiger partial charge on any atom is -0.375 e. The van der Waals surface area contributed by atoms with Crippen LogP contribution in [0.2, 0.25) is 0 Å². The Morgan fingerprint density at radius 3 is 2.11 bits per heavy atom. The third-order valence-corrected chi connectivity index (χ3v) is 6.93. The van der Waals surface area contributed by atoms with Gasteiger partial charge in [-0.1, -0.05) is 20.8 Å². The molecule has 0 amide bonds. The van der Waals surface area contributed by atoms with E-state index < -0.39 is 0 Å². The first-order chi connectivity index (χ1) is 8.83. The average Bonchev–Trinajstić information content (AvgIpc) is 2.60. The highest BCUT2D eigenvalue weighted by atomic mass is 16.5. The lowest BCUT2D eigenvalue weighted by Gasteiger charge is -2.43. The van der Waals surface area contributed by atoms with E-state index >= 15 is 0 Å². The second-order valence-electron chi connectivity index (χ2n) is 8.26. The Morgan fingerprint density at radius 2 is 1.63 bits per heavy atom. The van der Waals surface area contributed by atoms with Gasteiger partial charge in [-0.3, -0.25) is 0 Å². The van der Waals surface area contributed by atoms with Crippen molar-refractivity contribution in [2.45, 2.75) is 91.0 Å². The molecule has 0 radical (unpaired) electrons. The number of ether oxygens (including phenoxy) is 1. The number of fused-ring (bicyclic) bond motifs is 2. The molecule has 2 nitrogen and oxygen atoms in total. The van der Waals surface area contributed by atoms with Gasteiger partial charge in [-0.2, -0.15) is 0 Å². The fraction of sp³-hybridized carbons (Fsp3) is 1.00. The van der Waals surface area contributed by atoms with Gasteiger partial charge in [0.1, 0.15) is 0 Å². The molecule has 19 heavy (non-hydrogen) atoms. The topological polar surface area (TPSA) is 21.3 Å². The summed E-state index contributed by atoms with van der Waals surface area (Å²) in [4.78, 5) is 0. The zero-order chi connectivity index (χ0) is 13.8. The van der Waals surface area contributed by atoms with Crippen molar-refractivity contribution in [3.63, 3.8) is 0 Å². The van der Waals surface area contributed by atoms with Crippen LogP contribution >= 0.6 is 0 Å². The van der Waals surface area contributed by atoms with Gasteiger partial charge in [0, 0.05) is 12.1 Å². The minimum atomic E-state index is 0.417. The Kier molecular flexibility index (Phi) is 3.26. The van der Waals surface area contributed by atoms with Crippen LogP contribution in [0.4, 0.5) is 0 Å². The van der Waals surface area contributed by atoms with Crippen molar-refractivity contribution >= 4 is 0 Å². The van der Waals surface area contributed by atoms with E-state index in [9.17, 15) is 0 Å². The van der Waals surface area contributed by atoms with E-state index in [-0.39, 0.29) is 0 Å². The molecule has 1 aliphatic heterocycles. The van der Waals surface area contributed by atoms with E-state index in [1.165, 1.54) is 32.1 Å². The van der Waals surface area contributed by atoms with Gasteiger partial charge in [-0.15, -0.1) is 0 Å². The normalized spacial score (nSPS) is 52.6. The largest absolute Gasteiger partial charge is 0.375 e. The standard InChI is InChI=1S/C17H31NO/c1-11-8-14(9-12(2)19-11)18-15-10-13-6-7-17(15,5)16(13,3)4/h11-15,18H,6-10H2,1-5H3. The number of hydrogen-bond acceptors (Lipinski definition) is 2. The summed E-state index contributed by atoms with van der Waals surface area (Å²) in [5, 5.41) is 4.03. The van der Waals surface area contributed by atoms with Crippen LogP contribution in [0.25, 0.3) is 0 Å². The van der Waals surface area contributed by atoms with Gasteiger partial charge in [-0.05, 0) is 62.7 Å². The second-order valence-corrected chi connectivity index (χ2v) is 8.26. The predicted octanol–water partition coefficient (Wildman–Crippen LogP) is 3.75. The van der Waals surface area contributed by atoms with Crippen LogP contribution in [-0.4, -0.2) is 24.3 Å². The summed E-state index contributed by atoms with van der Waals surface area (Å²) in [6, 6.07) is 1.39. The van der Waals surface area contributed by atoms with Crippen LogP contribution in [0.3, 0.4) is 0 Å². The van der Waals surface area contributed by atoms with Crippen molar-refractivity contribution in [2.75, 3.05) is 0 Å². The first-order valence-electron chi connectivity index (χ1n) is 8.24. The summed E-state index contributed by atoms with van der Waals surface area (Å²) in [5.74, 6) is 0.935. The summed E-state index contributed by atoms with van der Waals surface area (Å²) in [5.41, 5.74) is 1.02. The van der Waals surface area contributed by atoms with E-state index in [2.05, 4.69) is 39.9 Å². The second kappa shape index (κ2) is 4.46. The smallest absolute Gasteiger partial charge is 0.0565 e. The molecule has 0 aromatic carbocycles. The Hall–Kier alpha value is -0.0800. The summed E-state index contributed by atoms with van der Waals surface area (Å²) in [7, 11) is 0. The minimum absolute atomic E-state index is 0.417. The van der Waals surface area contributed by atoms with Crippen LogP contribution in [-0.2, 0) is 4.74 Å². The third-order valence-electron chi connectivity index (χ3n) is 6.93. The molecular formula is C17H31NO. The number of rotatable bonds is 2. The molecule has 3 rings (SSSR count). The molecule has 110 valence electrons. The average molecular weight is 265 g/mol. The Balaban J connectivity index is 1.68. The van der Waals surface area contributed by atoms with Crippen molar-refractivity contribution in [2.24, 2.45) is 16.7 Å². The van der Waals surface area contributed by atoms with Gasteiger partial charge < -0.3 is 10.1 Å². The molecule has 0 spiro atoms. The molecule has 1 heterocycles. The van der Waals surface area contributed by atoms with Crippen molar-refractivity contribution in [3.05, 3.63) is 0 Å². The van der Waals surface area contributed by atoms with Gasteiger partial charge in [0.05, 0.1) is 12.2 Å². The third kappa shape index (κ3) is 2.06. The highest BCUT2D eigenvalue weighted by Gasteiger charge is 2.61. The lowest BCUT2D eigenvalue weighted by atomic mass is 9.69. The van der Waals surface area contributed by atoms with Crippen LogP contribution in [0.5, 0.6) is 0 Å². The summed E-state index contributed by atoms with van der Waals surface area (Å²) < 4.78 is 5.87. The van der Waals surface area contributed by atoms with Gasteiger partial charge in [0.25, 0.3) is 0 Å². The molecule has 0 aromatic heterocycles. The first kappa shape index (κ1) is 13.9. The van der Waals surface area contributed by atoms with Crippen LogP contribution < -0.4 is 5.32 Å². The molecule has 1 saturated heterocycles. The zero-order valence-corrected chi connectivity index (χ0v) is 13.3. The summed E-state index contributed by atoms with van der Waals surface area (Å²) in [6.45, 7) is 12.0. The van der Waals surface area contributed by atoms with Gasteiger partial charge in [-0.25, -0.2) is 0 Å². The maximum absolute atomic E-state index is 5.87. The summed E-state index contributed by atoms with van der Waals surface area (Å²) >= 11 is 0. The van der Waals surface area contributed by atoms with Gasteiger partial charge >= 0.3 is 0 Å². The molecule has 5 unspecified atom stereocenters. The summed E-state index contributed by atoms with van der Waals surface area (Å²) in [6.07, 6.45) is 7.45. The predicted molar refractivity (Wildman–Crippen MR) is 79.2 cm³/mol. The molecule has 0 aromatic rings. The molecule has 3 aliphatic rings. The Bertz CT molecular complexity index is 343. The Labute approximate surface area is 118 Å². The fourth-order valence-electron chi connectivity index (χ4n) is 5.28. The highest BCUT2D eigenvalue weighted by molar-refractivity contribution is 5.13. The van der Waals surface area contributed by atoms with Gasteiger partial charge in [0.2, 0.25) is 0 Å². The van der Waals surface area contributed by atoms with Crippen molar-refractivity contribution in [3.8, 4) is 0 Å². The molecule has 1 N–H and O–H groups in total. The van der Waals surface area contributed by atoms with Crippen molar-refractivity contribution in [1.82, 2.24) is 5.32 Å². The van der Waals surface area contributed by atoms with E-state index in [4.69, 9.17) is 4.74 Å². The lowest BCUT2D eigenvalue weighted by Crippen LogP contribution is -2.51. The lowest BCUT2D eigenvalue weighted by molar-refractivity contribution is -0.0468. The maximum Gasteiger partial charge on any atom is 0.0565 e. The SMILES string of the molecule is CC1CC(NC2CC3CCC2(C)C3(C)C)CC(C)O1. The maximum atomic E-state index is 5.87. The highest BCUT2D eigenvalue weighted by Crippen LogP contribution is 2.65. The molecule has 2 aliphatic carbocycles. The van der Waals surface area contributed by atoms with E-state index in [1.807, 2.05) is 0 Å². The fourth-order valence-corrected chi connectivity index (χ4v) is 5.28. The molecule has 5 atom stereocenters. The molecule has 2 heteroatoms. The van der Waals surface area contributed by atoms with Crippen LogP contribution in [0.1, 0.15) is 66.7 Å². The monoisotopic (exact) mass is 265 g/mol. The number of nitrogens with one attached hydrogen (secondary N) is 1. The van der Waals surface area contributed by atoms with E-state index in [0.717, 1.165) is 12.0 Å². The van der Waals surface area contributed by atoms with E-state index in [0.29, 0.717) is 29.1 Å². The molecule has 3 fully saturated rings. The zero-order valence-electron chi connectivity index (χ0n) is 13.3. The number of hydrogen-bond donors (Lipinski definition) is 1. The molecule has 2 saturated carbocycles. The van der Waals surface area contributed by atoms with Crippen molar-refractivity contribution < 1.29 is 4.74 Å². The van der Waals surface area contributed by atoms with E-state index in [1.54, 1.807) is 0 Å². The van der Waals surface area contributed by atoms with Crippen molar-refractivity contribution in [1.29, 1.82) is 0 Å². The quantitative estimate of drug-likeness (QED) is 0.821. The van der Waals surface area contributed by atoms with Gasteiger partial charge in [0.15, 0.2) is 0 Å². The van der Waals surface area contributed by atoms with Crippen LogP contribution in [0, 0.1) is 16.7 Å². The molecule has 2 bridgehead atoms. The Morgan fingerprint density at radius 1 is 1.00 bits per heavy atom. The first-order valence-corrected chi connectivity index (χ1v) is 8.24.